The zero-order valence-electron chi connectivity index (χ0n) is 7.89. The third-order valence-electron chi connectivity index (χ3n) is 1.60. The Morgan fingerprint density at radius 1 is 1.53 bits per heavy atom. The van der Waals surface area contributed by atoms with Gasteiger partial charge in [-0.25, -0.2) is 14.2 Å². The normalized spacial score (nSPS) is 11.4. The van der Waals surface area contributed by atoms with Gasteiger partial charge in [0.05, 0.1) is 0 Å². The second-order valence-corrected chi connectivity index (χ2v) is 3.79. The van der Waals surface area contributed by atoms with Crippen molar-refractivity contribution < 1.29 is 32.2 Å². The maximum atomic E-state index is 12.4. The number of pyridine rings is 1. The van der Waals surface area contributed by atoms with Crippen LogP contribution < -0.4 is 4.74 Å². The number of hydrogen-bond acceptors (Lipinski definition) is 3. The molecule has 1 rings (SSSR count). The van der Waals surface area contributed by atoms with Gasteiger partial charge in [0.15, 0.2) is 11.4 Å². The molecule has 0 spiro atoms. The van der Waals surface area contributed by atoms with Crippen molar-refractivity contribution in [3.63, 3.8) is 0 Å². The highest BCUT2D eigenvalue weighted by atomic mass is 127. The number of ether oxygens (including phenoxy) is 1. The fraction of sp³-hybridized carbons (Fsp3) is 0.250. The molecule has 0 aromatic carbocycles. The lowest BCUT2D eigenvalue weighted by Gasteiger charge is -2.11. The third kappa shape index (κ3) is 3.68. The van der Waals surface area contributed by atoms with E-state index in [1.54, 1.807) is 0 Å². The minimum Gasteiger partial charge on any atom is -0.477 e. The van der Waals surface area contributed by atoms with Gasteiger partial charge >= 0.3 is 12.3 Å². The third-order valence-corrected chi connectivity index (χ3v) is 2.37. The molecule has 0 aliphatic heterocycles. The van der Waals surface area contributed by atoms with Gasteiger partial charge in [0.25, 0.3) is 0 Å². The van der Waals surface area contributed by atoms with E-state index in [1.165, 1.54) is 22.6 Å². The van der Waals surface area contributed by atoms with E-state index in [0.29, 0.717) is 6.07 Å². The first-order valence-corrected chi connectivity index (χ1v) is 5.07. The number of nitrogens with zero attached hydrogens (tertiary/aromatic N) is 1. The predicted octanol–water partition coefficient (Wildman–Crippen LogP) is 2.75. The monoisotopic (exact) mass is 365 g/mol. The van der Waals surface area contributed by atoms with E-state index >= 15 is 0 Å². The van der Waals surface area contributed by atoms with Crippen molar-refractivity contribution in [2.45, 2.75) is 13.0 Å². The van der Waals surface area contributed by atoms with Crippen LogP contribution in [0.1, 0.15) is 16.1 Å². The number of carboxylic acids is 1. The van der Waals surface area contributed by atoms with E-state index in [4.69, 9.17) is 5.11 Å². The SMILES string of the molecule is O=C(O)c1nc(I)c(OC(F)(F)F)cc1CF. The summed E-state index contributed by atoms with van der Waals surface area (Å²) in [6.07, 6.45) is -4.94. The molecule has 0 radical (unpaired) electrons. The van der Waals surface area contributed by atoms with Crippen LogP contribution in [0.25, 0.3) is 0 Å². The number of halogens is 5. The molecule has 0 atom stereocenters. The number of carboxylic acid groups (broad SMARTS) is 1. The summed E-state index contributed by atoms with van der Waals surface area (Å²) in [5, 5.41) is 8.65. The Kier molecular flexibility index (Phi) is 4.11. The van der Waals surface area contributed by atoms with E-state index in [9.17, 15) is 22.4 Å². The van der Waals surface area contributed by atoms with Crippen LogP contribution in [0.4, 0.5) is 17.6 Å². The van der Waals surface area contributed by atoms with Crippen LogP contribution in [-0.4, -0.2) is 22.4 Å². The fourth-order valence-electron chi connectivity index (χ4n) is 0.995. The molecule has 1 aromatic rings. The first-order valence-electron chi connectivity index (χ1n) is 3.99. The Bertz CT molecular complexity index is 449. The highest BCUT2D eigenvalue weighted by molar-refractivity contribution is 14.1. The number of alkyl halides is 4. The Labute approximate surface area is 106 Å². The van der Waals surface area contributed by atoms with Crippen LogP contribution in [0.2, 0.25) is 0 Å². The van der Waals surface area contributed by atoms with Crippen molar-refractivity contribution in [2.24, 2.45) is 0 Å². The molecule has 1 aromatic heterocycles. The summed E-state index contributed by atoms with van der Waals surface area (Å²) in [7, 11) is 0. The number of rotatable bonds is 3. The summed E-state index contributed by atoms with van der Waals surface area (Å²) in [5.41, 5.74) is -1.11. The predicted molar refractivity (Wildman–Crippen MR) is 55.4 cm³/mol. The smallest absolute Gasteiger partial charge is 0.477 e. The van der Waals surface area contributed by atoms with Crippen molar-refractivity contribution in [3.05, 3.63) is 21.0 Å². The number of aromatic carboxylic acids is 1. The van der Waals surface area contributed by atoms with Gasteiger partial charge in [0.2, 0.25) is 0 Å². The van der Waals surface area contributed by atoms with Crippen LogP contribution in [0.15, 0.2) is 6.07 Å². The second-order valence-electron chi connectivity index (χ2n) is 2.77. The topological polar surface area (TPSA) is 59.4 Å². The fourth-order valence-corrected chi connectivity index (χ4v) is 1.50. The lowest BCUT2D eigenvalue weighted by Crippen LogP contribution is -2.19. The van der Waals surface area contributed by atoms with E-state index in [2.05, 4.69) is 9.72 Å². The lowest BCUT2D eigenvalue weighted by atomic mass is 10.2. The number of aromatic nitrogens is 1. The molecule has 1 heterocycles. The van der Waals surface area contributed by atoms with Gasteiger partial charge in [-0.3, -0.25) is 0 Å². The molecule has 94 valence electrons. The van der Waals surface area contributed by atoms with Gasteiger partial charge in [0, 0.05) is 5.56 Å². The molecule has 0 amide bonds. The molecule has 17 heavy (non-hydrogen) atoms. The highest BCUT2D eigenvalue weighted by Crippen LogP contribution is 2.28. The second kappa shape index (κ2) is 5.02. The Balaban J connectivity index is 3.23. The quantitative estimate of drug-likeness (QED) is 0.509. The number of hydrogen-bond donors (Lipinski definition) is 1. The zero-order chi connectivity index (χ0) is 13.2. The summed E-state index contributed by atoms with van der Waals surface area (Å²) >= 11 is 1.37. The Morgan fingerprint density at radius 2 is 2.12 bits per heavy atom. The summed E-state index contributed by atoms with van der Waals surface area (Å²) in [4.78, 5) is 14.0. The van der Waals surface area contributed by atoms with Crippen LogP contribution in [0, 0.1) is 3.70 Å². The van der Waals surface area contributed by atoms with Gasteiger partial charge < -0.3 is 9.84 Å². The lowest BCUT2D eigenvalue weighted by molar-refractivity contribution is -0.275. The molecule has 0 unspecified atom stereocenters. The Morgan fingerprint density at radius 3 is 2.53 bits per heavy atom. The zero-order valence-corrected chi connectivity index (χ0v) is 10.0. The van der Waals surface area contributed by atoms with Crippen LogP contribution in [0.5, 0.6) is 5.75 Å². The molecule has 1 N–H and O–H groups in total. The molecule has 4 nitrogen and oxygen atoms in total. The molecule has 0 aliphatic rings. The van der Waals surface area contributed by atoms with Crippen molar-refractivity contribution >= 4 is 28.6 Å². The van der Waals surface area contributed by atoms with Crippen LogP contribution in [-0.2, 0) is 6.67 Å². The molecule has 9 heteroatoms. The largest absolute Gasteiger partial charge is 0.573 e. The van der Waals surface area contributed by atoms with Crippen molar-refractivity contribution in [3.8, 4) is 5.75 Å². The number of carbonyl (C=O) groups is 1. The van der Waals surface area contributed by atoms with E-state index < -0.39 is 36.0 Å². The molecule has 0 fully saturated rings. The van der Waals surface area contributed by atoms with Gasteiger partial charge in [-0.2, -0.15) is 0 Å². The standard InChI is InChI=1S/C8H4F4INO3/c9-2-3-1-4(17-8(10,11)12)6(13)14-5(3)7(15)16/h1H,2H2,(H,15,16). The molecular formula is C8H4F4INO3. The first kappa shape index (κ1) is 13.9. The maximum Gasteiger partial charge on any atom is 0.573 e. The van der Waals surface area contributed by atoms with Crippen molar-refractivity contribution in [1.82, 2.24) is 4.98 Å². The molecule has 0 bridgehead atoms. The molecule has 0 saturated heterocycles. The minimum atomic E-state index is -4.94. The van der Waals surface area contributed by atoms with E-state index in [-0.39, 0.29) is 3.70 Å². The highest BCUT2D eigenvalue weighted by Gasteiger charge is 2.33. The summed E-state index contributed by atoms with van der Waals surface area (Å²) in [6, 6.07) is 0.672. The minimum absolute atomic E-state index is 0.311. The molecule has 0 aliphatic carbocycles. The van der Waals surface area contributed by atoms with E-state index in [0.717, 1.165) is 0 Å². The Hall–Kier alpha value is -1.13. The van der Waals surface area contributed by atoms with Gasteiger partial charge in [-0.1, -0.05) is 0 Å². The average molecular weight is 365 g/mol. The summed E-state index contributed by atoms with van der Waals surface area (Å²) in [5.74, 6) is -2.25. The molecular weight excluding hydrogens is 361 g/mol. The van der Waals surface area contributed by atoms with Crippen LogP contribution in [0.3, 0.4) is 0 Å². The first-order chi connectivity index (χ1) is 7.74. The molecule has 0 saturated carbocycles. The summed E-state index contributed by atoms with van der Waals surface area (Å²) in [6.45, 7) is -1.25. The van der Waals surface area contributed by atoms with Crippen LogP contribution >= 0.6 is 22.6 Å². The van der Waals surface area contributed by atoms with Gasteiger partial charge in [0.1, 0.15) is 10.4 Å². The van der Waals surface area contributed by atoms with E-state index in [1.807, 2.05) is 0 Å². The summed E-state index contributed by atoms with van der Waals surface area (Å²) < 4.78 is 51.6. The van der Waals surface area contributed by atoms with Gasteiger partial charge in [-0.15, -0.1) is 13.2 Å². The van der Waals surface area contributed by atoms with Crippen molar-refractivity contribution in [2.75, 3.05) is 0 Å². The maximum absolute atomic E-state index is 12.4. The van der Waals surface area contributed by atoms with Gasteiger partial charge in [-0.05, 0) is 28.7 Å². The average Bonchev–Trinajstić information content (AvgIpc) is 2.18. The van der Waals surface area contributed by atoms with Crippen molar-refractivity contribution in [1.29, 1.82) is 0 Å².